The van der Waals surface area contributed by atoms with Crippen molar-refractivity contribution in [1.82, 2.24) is 4.98 Å². The molecule has 0 amide bonds. The molecule has 3 heteroatoms. The Kier molecular flexibility index (Phi) is 2.97. The van der Waals surface area contributed by atoms with Crippen LogP contribution in [0.3, 0.4) is 0 Å². The van der Waals surface area contributed by atoms with E-state index in [0.29, 0.717) is 6.42 Å². The Bertz CT molecular complexity index is 504. The minimum Gasteiger partial charge on any atom is -0.388 e. The Hall–Kier alpha value is -1.35. The van der Waals surface area contributed by atoms with Crippen LogP contribution < -0.4 is 0 Å². The highest BCUT2D eigenvalue weighted by Gasteiger charge is 2.16. The minimum absolute atomic E-state index is 0.265. The molecular weight excluding hydrogens is 205 g/mol. The van der Waals surface area contributed by atoms with Crippen LogP contribution in [0.25, 0.3) is 10.9 Å². The standard InChI is InChI=1S/C13H16FNO/c1-3-10-13(12(16)4-2)9-7-8(14)5-6-11(9)15-10/h5-7,12,15-16H,3-4H2,1-2H3. The molecule has 0 bridgehead atoms. The summed E-state index contributed by atoms with van der Waals surface area (Å²) < 4.78 is 13.2. The lowest BCUT2D eigenvalue weighted by Gasteiger charge is -2.09. The second kappa shape index (κ2) is 4.26. The van der Waals surface area contributed by atoms with E-state index in [1.165, 1.54) is 12.1 Å². The van der Waals surface area contributed by atoms with Crippen molar-refractivity contribution in [1.29, 1.82) is 0 Å². The summed E-state index contributed by atoms with van der Waals surface area (Å²) in [5.41, 5.74) is 2.73. The molecule has 1 aromatic carbocycles. The Labute approximate surface area is 94.1 Å². The third-order valence-electron chi connectivity index (χ3n) is 2.96. The topological polar surface area (TPSA) is 36.0 Å². The van der Waals surface area contributed by atoms with Crippen molar-refractivity contribution in [3.8, 4) is 0 Å². The number of fused-ring (bicyclic) bond motifs is 1. The molecule has 0 saturated carbocycles. The molecule has 0 aliphatic rings. The number of aryl methyl sites for hydroxylation is 1. The van der Waals surface area contributed by atoms with Gasteiger partial charge in [-0.1, -0.05) is 13.8 Å². The second-order valence-corrected chi connectivity index (χ2v) is 3.98. The normalized spacial score (nSPS) is 13.2. The highest BCUT2D eigenvalue weighted by atomic mass is 19.1. The molecule has 16 heavy (non-hydrogen) atoms. The van der Waals surface area contributed by atoms with Gasteiger partial charge in [0.2, 0.25) is 0 Å². The van der Waals surface area contributed by atoms with Crippen LogP contribution in [0.15, 0.2) is 18.2 Å². The van der Waals surface area contributed by atoms with Crippen molar-refractivity contribution in [3.63, 3.8) is 0 Å². The molecule has 2 nitrogen and oxygen atoms in total. The van der Waals surface area contributed by atoms with Crippen molar-refractivity contribution >= 4 is 10.9 Å². The number of aliphatic hydroxyl groups is 1. The van der Waals surface area contributed by atoms with Crippen LogP contribution in [-0.4, -0.2) is 10.1 Å². The fraction of sp³-hybridized carbons (Fsp3) is 0.385. The highest BCUT2D eigenvalue weighted by Crippen LogP contribution is 2.30. The maximum atomic E-state index is 13.2. The molecule has 2 aromatic rings. The van der Waals surface area contributed by atoms with E-state index >= 15 is 0 Å². The molecule has 2 rings (SSSR count). The van der Waals surface area contributed by atoms with Crippen LogP contribution in [0.1, 0.15) is 37.6 Å². The fourth-order valence-corrected chi connectivity index (χ4v) is 2.10. The molecule has 0 saturated heterocycles. The first-order valence-corrected chi connectivity index (χ1v) is 5.65. The first-order chi connectivity index (χ1) is 7.67. The molecule has 1 heterocycles. The summed E-state index contributed by atoms with van der Waals surface area (Å²) in [5.74, 6) is -0.265. The summed E-state index contributed by atoms with van der Waals surface area (Å²) in [7, 11) is 0. The monoisotopic (exact) mass is 221 g/mol. The highest BCUT2D eigenvalue weighted by molar-refractivity contribution is 5.85. The number of aliphatic hydroxyl groups excluding tert-OH is 1. The average molecular weight is 221 g/mol. The number of H-pyrrole nitrogens is 1. The van der Waals surface area contributed by atoms with Gasteiger partial charge in [-0.3, -0.25) is 0 Å². The fourth-order valence-electron chi connectivity index (χ4n) is 2.10. The van der Waals surface area contributed by atoms with Crippen molar-refractivity contribution in [2.75, 3.05) is 0 Å². The van der Waals surface area contributed by atoms with Gasteiger partial charge in [0.1, 0.15) is 5.82 Å². The largest absolute Gasteiger partial charge is 0.388 e. The molecule has 1 aromatic heterocycles. The van der Waals surface area contributed by atoms with E-state index in [1.54, 1.807) is 6.07 Å². The van der Waals surface area contributed by atoms with Crippen LogP contribution in [0.5, 0.6) is 0 Å². The zero-order valence-electron chi connectivity index (χ0n) is 9.55. The van der Waals surface area contributed by atoms with Gasteiger partial charge in [0.25, 0.3) is 0 Å². The SMILES string of the molecule is CCc1[nH]c2ccc(F)cc2c1C(O)CC. The number of benzene rings is 1. The summed E-state index contributed by atoms with van der Waals surface area (Å²) >= 11 is 0. The van der Waals surface area contributed by atoms with Crippen LogP contribution in [0, 0.1) is 5.82 Å². The van der Waals surface area contributed by atoms with Crippen molar-refractivity contribution < 1.29 is 9.50 Å². The van der Waals surface area contributed by atoms with E-state index in [-0.39, 0.29) is 5.82 Å². The van der Waals surface area contributed by atoms with E-state index in [0.717, 1.165) is 28.6 Å². The Morgan fingerprint density at radius 1 is 1.38 bits per heavy atom. The predicted octanol–water partition coefficient (Wildman–Crippen LogP) is 3.31. The molecule has 0 radical (unpaired) electrons. The third kappa shape index (κ3) is 1.71. The second-order valence-electron chi connectivity index (χ2n) is 3.98. The molecule has 86 valence electrons. The third-order valence-corrected chi connectivity index (χ3v) is 2.96. The Morgan fingerprint density at radius 2 is 2.12 bits per heavy atom. The number of aromatic nitrogens is 1. The average Bonchev–Trinajstić information content (AvgIpc) is 2.65. The first-order valence-electron chi connectivity index (χ1n) is 5.65. The maximum Gasteiger partial charge on any atom is 0.123 e. The molecule has 0 fully saturated rings. The molecule has 1 unspecified atom stereocenters. The van der Waals surface area contributed by atoms with Crippen molar-refractivity contribution in [3.05, 3.63) is 35.3 Å². The van der Waals surface area contributed by atoms with Crippen LogP contribution >= 0.6 is 0 Å². The van der Waals surface area contributed by atoms with Crippen molar-refractivity contribution in [2.24, 2.45) is 0 Å². The van der Waals surface area contributed by atoms with Gasteiger partial charge >= 0.3 is 0 Å². The number of nitrogens with one attached hydrogen (secondary N) is 1. The number of rotatable bonds is 3. The first kappa shape index (κ1) is 11.1. The summed E-state index contributed by atoms with van der Waals surface area (Å²) in [4.78, 5) is 3.23. The zero-order valence-corrected chi connectivity index (χ0v) is 9.55. The van der Waals surface area contributed by atoms with Gasteiger partial charge in [0, 0.05) is 22.2 Å². The molecule has 1 atom stereocenters. The van der Waals surface area contributed by atoms with E-state index in [9.17, 15) is 9.50 Å². The van der Waals surface area contributed by atoms with Gasteiger partial charge in [0.15, 0.2) is 0 Å². The van der Waals surface area contributed by atoms with Crippen LogP contribution in [0.4, 0.5) is 4.39 Å². The Morgan fingerprint density at radius 3 is 2.75 bits per heavy atom. The lowest BCUT2D eigenvalue weighted by Crippen LogP contribution is -1.98. The van der Waals surface area contributed by atoms with Crippen LogP contribution in [0.2, 0.25) is 0 Å². The van der Waals surface area contributed by atoms with Gasteiger partial charge < -0.3 is 10.1 Å². The lowest BCUT2D eigenvalue weighted by molar-refractivity contribution is 0.174. The van der Waals surface area contributed by atoms with E-state index in [2.05, 4.69) is 4.98 Å². The summed E-state index contributed by atoms with van der Waals surface area (Å²) in [6.07, 6.45) is 0.921. The van der Waals surface area contributed by atoms with Gasteiger partial charge in [-0.15, -0.1) is 0 Å². The Balaban J connectivity index is 2.70. The molecular formula is C13H16FNO. The number of aromatic amines is 1. The van der Waals surface area contributed by atoms with E-state index in [4.69, 9.17) is 0 Å². The summed E-state index contributed by atoms with van der Waals surface area (Å²) in [6, 6.07) is 4.63. The lowest BCUT2D eigenvalue weighted by atomic mass is 10.0. The van der Waals surface area contributed by atoms with E-state index < -0.39 is 6.10 Å². The van der Waals surface area contributed by atoms with Gasteiger partial charge in [-0.05, 0) is 31.0 Å². The van der Waals surface area contributed by atoms with Gasteiger partial charge in [0.05, 0.1) is 6.10 Å². The number of hydrogen-bond donors (Lipinski definition) is 2. The summed E-state index contributed by atoms with van der Waals surface area (Å²) in [6.45, 7) is 3.94. The van der Waals surface area contributed by atoms with Crippen LogP contribution in [-0.2, 0) is 6.42 Å². The maximum absolute atomic E-state index is 13.2. The van der Waals surface area contributed by atoms with Gasteiger partial charge in [-0.2, -0.15) is 0 Å². The van der Waals surface area contributed by atoms with Crippen molar-refractivity contribution in [2.45, 2.75) is 32.8 Å². The number of halogens is 1. The quantitative estimate of drug-likeness (QED) is 0.819. The molecule has 2 N–H and O–H groups in total. The van der Waals surface area contributed by atoms with E-state index in [1.807, 2.05) is 13.8 Å². The molecule has 0 aliphatic heterocycles. The minimum atomic E-state index is -0.523. The molecule has 0 aliphatic carbocycles. The summed E-state index contributed by atoms with van der Waals surface area (Å²) in [5, 5.41) is 10.8. The predicted molar refractivity (Wildman–Crippen MR) is 62.9 cm³/mol. The molecule has 0 spiro atoms. The smallest absolute Gasteiger partial charge is 0.123 e. The zero-order chi connectivity index (χ0) is 11.7. The number of hydrogen-bond acceptors (Lipinski definition) is 1. The van der Waals surface area contributed by atoms with Gasteiger partial charge in [-0.25, -0.2) is 4.39 Å².